The molecule has 1 amide bonds. The Morgan fingerprint density at radius 2 is 1.93 bits per heavy atom. The Morgan fingerprint density at radius 3 is 2.54 bits per heavy atom. The van der Waals surface area contributed by atoms with Crippen LogP contribution < -0.4 is 14.8 Å². The third-order valence-electron chi connectivity index (χ3n) is 4.10. The molecule has 0 aliphatic heterocycles. The molecule has 0 spiro atoms. The Labute approximate surface area is 166 Å². The molecule has 0 unspecified atom stereocenters. The molecule has 1 atom stereocenters. The summed E-state index contributed by atoms with van der Waals surface area (Å²) in [7, 11) is -0.743. The summed E-state index contributed by atoms with van der Waals surface area (Å²) in [5.41, 5.74) is 0.323. The maximum absolute atomic E-state index is 13.0. The van der Waals surface area contributed by atoms with Gasteiger partial charge in [-0.2, -0.15) is 0 Å². The molecule has 0 saturated carbocycles. The average Bonchev–Trinajstić information content (AvgIpc) is 3.41. The second kappa shape index (κ2) is 8.49. The van der Waals surface area contributed by atoms with Crippen LogP contribution in [0.2, 0.25) is 0 Å². The summed E-state index contributed by atoms with van der Waals surface area (Å²) in [6.45, 7) is -0.138. The molecule has 28 heavy (non-hydrogen) atoms. The number of amides is 1. The molecule has 1 aromatic carbocycles. The standard InChI is InChI=1S/C19H19NO6S2/c1-24-14-8-7-13(11-16(14)25-2)19(21)20-12-17(15-5-3-9-26-15)28(22,23)18-6-4-10-27-18/h3-11,17H,12H2,1-2H3,(H,20,21)/t17-/m1/s1. The van der Waals surface area contributed by atoms with E-state index in [2.05, 4.69) is 5.32 Å². The van der Waals surface area contributed by atoms with Gasteiger partial charge in [0.25, 0.3) is 5.91 Å². The molecule has 7 nitrogen and oxygen atoms in total. The number of methoxy groups -OCH3 is 2. The van der Waals surface area contributed by atoms with Crippen LogP contribution in [-0.4, -0.2) is 35.1 Å². The van der Waals surface area contributed by atoms with Crippen LogP contribution in [0.4, 0.5) is 0 Å². The lowest BCUT2D eigenvalue weighted by Gasteiger charge is -2.16. The van der Waals surface area contributed by atoms with E-state index in [-0.39, 0.29) is 16.5 Å². The molecule has 3 rings (SSSR count). The number of rotatable bonds is 8. The molecule has 1 N–H and O–H groups in total. The van der Waals surface area contributed by atoms with Gasteiger partial charge in [-0.05, 0) is 41.8 Å². The topological polar surface area (TPSA) is 94.8 Å². The number of hydrogen-bond acceptors (Lipinski definition) is 7. The monoisotopic (exact) mass is 421 g/mol. The third-order valence-corrected chi connectivity index (χ3v) is 7.60. The molecule has 0 aliphatic carbocycles. The molecule has 0 fully saturated rings. The first-order valence-corrected chi connectivity index (χ1v) is 10.7. The van der Waals surface area contributed by atoms with E-state index in [0.717, 1.165) is 11.3 Å². The Hall–Kier alpha value is -2.78. The minimum Gasteiger partial charge on any atom is -0.493 e. The Morgan fingerprint density at radius 1 is 1.14 bits per heavy atom. The van der Waals surface area contributed by atoms with Gasteiger partial charge in [0.1, 0.15) is 15.2 Å². The molecule has 0 bridgehead atoms. The lowest BCUT2D eigenvalue weighted by Crippen LogP contribution is -2.31. The van der Waals surface area contributed by atoms with E-state index in [1.807, 2.05) is 0 Å². The molecule has 0 radical (unpaired) electrons. The predicted molar refractivity (Wildman–Crippen MR) is 105 cm³/mol. The van der Waals surface area contributed by atoms with Crippen LogP contribution in [0, 0.1) is 0 Å². The molecule has 9 heteroatoms. The van der Waals surface area contributed by atoms with Gasteiger partial charge in [-0.25, -0.2) is 8.42 Å². The Balaban J connectivity index is 1.82. The summed E-state index contributed by atoms with van der Waals surface area (Å²) in [5, 5.41) is 3.33. The van der Waals surface area contributed by atoms with Crippen molar-refractivity contribution in [3.05, 3.63) is 65.4 Å². The maximum atomic E-state index is 13.0. The minimum atomic E-state index is -3.72. The van der Waals surface area contributed by atoms with Gasteiger partial charge in [-0.15, -0.1) is 11.3 Å². The van der Waals surface area contributed by atoms with Gasteiger partial charge < -0.3 is 19.2 Å². The highest BCUT2D eigenvalue weighted by atomic mass is 32.2. The van der Waals surface area contributed by atoms with Crippen molar-refractivity contribution in [2.75, 3.05) is 20.8 Å². The Kier molecular flexibility index (Phi) is 6.05. The van der Waals surface area contributed by atoms with E-state index in [1.54, 1.807) is 35.7 Å². The van der Waals surface area contributed by atoms with Gasteiger partial charge in [0.15, 0.2) is 21.3 Å². The van der Waals surface area contributed by atoms with Gasteiger partial charge in [-0.3, -0.25) is 4.79 Å². The fourth-order valence-corrected chi connectivity index (χ4v) is 5.46. The van der Waals surface area contributed by atoms with E-state index >= 15 is 0 Å². The second-order valence-corrected chi connectivity index (χ2v) is 9.07. The molecule has 2 aromatic heterocycles. The van der Waals surface area contributed by atoms with Crippen LogP contribution in [0.3, 0.4) is 0 Å². The molecular formula is C19H19NO6S2. The number of furan rings is 1. The number of carbonyl (C=O) groups is 1. The van der Waals surface area contributed by atoms with Crippen LogP contribution in [0.5, 0.6) is 11.5 Å². The van der Waals surface area contributed by atoms with Crippen molar-refractivity contribution in [1.82, 2.24) is 5.32 Å². The molecule has 0 saturated heterocycles. The zero-order chi connectivity index (χ0) is 20.1. The minimum absolute atomic E-state index is 0.138. The number of sulfone groups is 1. The first-order chi connectivity index (χ1) is 13.5. The van der Waals surface area contributed by atoms with E-state index in [1.165, 1.54) is 32.6 Å². The van der Waals surface area contributed by atoms with Gasteiger partial charge in [-0.1, -0.05) is 6.07 Å². The second-order valence-electron chi connectivity index (χ2n) is 5.76. The average molecular weight is 421 g/mol. The summed E-state index contributed by atoms with van der Waals surface area (Å²) in [4.78, 5) is 12.6. The largest absolute Gasteiger partial charge is 0.493 e. The summed E-state index contributed by atoms with van der Waals surface area (Å²) in [6.07, 6.45) is 1.41. The highest BCUT2D eigenvalue weighted by Gasteiger charge is 2.32. The van der Waals surface area contributed by atoms with Gasteiger partial charge in [0.2, 0.25) is 0 Å². The fraction of sp³-hybridized carbons (Fsp3) is 0.211. The van der Waals surface area contributed by atoms with E-state index in [9.17, 15) is 13.2 Å². The fourth-order valence-electron chi connectivity index (χ4n) is 2.67. The van der Waals surface area contributed by atoms with Crippen LogP contribution in [0.1, 0.15) is 21.4 Å². The number of thiophene rings is 1. The maximum Gasteiger partial charge on any atom is 0.251 e. The van der Waals surface area contributed by atoms with Gasteiger partial charge in [0, 0.05) is 12.1 Å². The first kappa shape index (κ1) is 20.0. The van der Waals surface area contributed by atoms with Crippen LogP contribution in [0.25, 0.3) is 0 Å². The zero-order valence-corrected chi connectivity index (χ0v) is 16.9. The highest BCUT2D eigenvalue weighted by Crippen LogP contribution is 2.32. The van der Waals surface area contributed by atoms with Crippen molar-refractivity contribution in [2.24, 2.45) is 0 Å². The molecule has 148 valence electrons. The van der Waals surface area contributed by atoms with Crippen molar-refractivity contribution in [2.45, 2.75) is 9.46 Å². The normalized spacial score (nSPS) is 12.4. The number of ether oxygens (including phenoxy) is 2. The summed E-state index contributed by atoms with van der Waals surface area (Å²) < 4.78 is 41.9. The van der Waals surface area contributed by atoms with E-state index < -0.39 is 21.0 Å². The number of carbonyl (C=O) groups excluding carboxylic acids is 1. The zero-order valence-electron chi connectivity index (χ0n) is 15.2. The molecule has 0 aliphatic rings. The smallest absolute Gasteiger partial charge is 0.251 e. The Bertz CT molecular complexity index is 1030. The van der Waals surface area contributed by atoms with Crippen LogP contribution in [-0.2, 0) is 9.84 Å². The molecule has 3 aromatic rings. The highest BCUT2D eigenvalue weighted by molar-refractivity contribution is 7.93. The first-order valence-electron chi connectivity index (χ1n) is 8.28. The quantitative estimate of drug-likeness (QED) is 0.600. The summed E-state index contributed by atoms with van der Waals surface area (Å²) in [6, 6.07) is 11.1. The van der Waals surface area contributed by atoms with Crippen molar-refractivity contribution in [3.8, 4) is 11.5 Å². The van der Waals surface area contributed by atoms with Crippen LogP contribution in [0.15, 0.2) is 62.7 Å². The SMILES string of the molecule is COc1ccc(C(=O)NC[C@H](c2ccco2)S(=O)(=O)c2cccs2)cc1OC. The van der Waals surface area contributed by atoms with Crippen LogP contribution >= 0.6 is 11.3 Å². The molecule has 2 heterocycles. The number of hydrogen-bond donors (Lipinski definition) is 1. The third kappa shape index (κ3) is 4.05. The predicted octanol–water partition coefficient (Wildman–Crippen LogP) is 3.30. The van der Waals surface area contributed by atoms with Crippen molar-refractivity contribution >= 4 is 27.1 Å². The summed E-state index contributed by atoms with van der Waals surface area (Å²) >= 11 is 1.12. The van der Waals surface area contributed by atoms with E-state index in [4.69, 9.17) is 13.9 Å². The molecular weight excluding hydrogens is 402 g/mol. The van der Waals surface area contributed by atoms with Crippen molar-refractivity contribution < 1.29 is 27.1 Å². The summed E-state index contributed by atoms with van der Waals surface area (Å²) in [5.74, 6) is 0.733. The van der Waals surface area contributed by atoms with Crippen molar-refractivity contribution in [1.29, 1.82) is 0 Å². The number of benzene rings is 1. The van der Waals surface area contributed by atoms with E-state index in [0.29, 0.717) is 17.1 Å². The van der Waals surface area contributed by atoms with Gasteiger partial charge in [0.05, 0.1) is 20.5 Å². The lowest BCUT2D eigenvalue weighted by atomic mass is 10.2. The lowest BCUT2D eigenvalue weighted by molar-refractivity contribution is 0.0953. The van der Waals surface area contributed by atoms with Crippen molar-refractivity contribution in [3.63, 3.8) is 0 Å². The number of nitrogens with one attached hydrogen (secondary N) is 1. The van der Waals surface area contributed by atoms with Gasteiger partial charge >= 0.3 is 0 Å².